The first kappa shape index (κ1) is 14.9. The molecule has 0 spiro atoms. The highest BCUT2D eigenvalue weighted by Gasteiger charge is 2.21. The number of nitrogens with zero attached hydrogens (tertiary/aromatic N) is 1. The maximum Gasteiger partial charge on any atom is 0.201 e. The number of benzene rings is 2. The Hall–Kier alpha value is -2.45. The standard InChI is InChI=1S/C15H9ClF2N2O/c16-9-4-5-13(20-7-6-19)10(8-9)15(21)14-11(17)2-1-3-12(14)18/h1-5,8,20H,7H2. The molecule has 3 nitrogen and oxygen atoms in total. The van der Waals surface area contributed by atoms with E-state index >= 15 is 0 Å². The molecule has 0 unspecified atom stereocenters. The average Bonchev–Trinajstić information content (AvgIpc) is 2.45. The predicted octanol–water partition coefficient (Wildman–Crippen LogP) is 3.78. The lowest BCUT2D eigenvalue weighted by Crippen LogP contribution is -2.11. The lowest BCUT2D eigenvalue weighted by Gasteiger charge is -2.11. The zero-order valence-corrected chi connectivity index (χ0v) is 11.4. The van der Waals surface area contributed by atoms with Crippen LogP contribution < -0.4 is 5.32 Å². The largest absolute Gasteiger partial charge is 0.372 e. The number of carbonyl (C=O) groups is 1. The van der Waals surface area contributed by atoms with E-state index < -0.39 is 23.0 Å². The molecule has 2 aromatic rings. The number of ketones is 1. The van der Waals surface area contributed by atoms with Crippen molar-refractivity contribution in [1.82, 2.24) is 0 Å². The summed E-state index contributed by atoms with van der Waals surface area (Å²) < 4.78 is 27.4. The molecule has 2 aromatic carbocycles. The van der Waals surface area contributed by atoms with Gasteiger partial charge in [-0.3, -0.25) is 4.79 Å². The summed E-state index contributed by atoms with van der Waals surface area (Å²) in [5.41, 5.74) is -0.366. The number of hydrogen-bond acceptors (Lipinski definition) is 3. The van der Waals surface area contributed by atoms with Gasteiger partial charge in [-0.2, -0.15) is 5.26 Å². The molecule has 0 atom stereocenters. The molecule has 0 radical (unpaired) electrons. The van der Waals surface area contributed by atoms with Gasteiger partial charge in [0.2, 0.25) is 5.78 Å². The number of carbonyl (C=O) groups excluding carboxylic acids is 1. The summed E-state index contributed by atoms with van der Waals surface area (Å²) in [4.78, 5) is 12.4. The van der Waals surface area contributed by atoms with Crippen LogP contribution in [0.5, 0.6) is 0 Å². The Labute approximate surface area is 124 Å². The summed E-state index contributed by atoms with van der Waals surface area (Å²) in [6.07, 6.45) is 0. The Morgan fingerprint density at radius 1 is 1.24 bits per heavy atom. The molecule has 0 bridgehead atoms. The Balaban J connectivity index is 2.53. The van der Waals surface area contributed by atoms with Crippen LogP contribution in [0.25, 0.3) is 0 Å². The van der Waals surface area contributed by atoms with Gasteiger partial charge in [-0.15, -0.1) is 0 Å². The summed E-state index contributed by atoms with van der Waals surface area (Å²) in [5.74, 6) is -2.74. The predicted molar refractivity (Wildman–Crippen MR) is 75.3 cm³/mol. The summed E-state index contributed by atoms with van der Waals surface area (Å²) in [7, 11) is 0. The maximum absolute atomic E-state index is 13.7. The highest BCUT2D eigenvalue weighted by molar-refractivity contribution is 6.31. The Bertz CT molecular complexity index is 721. The zero-order valence-electron chi connectivity index (χ0n) is 10.7. The highest BCUT2D eigenvalue weighted by Crippen LogP contribution is 2.25. The van der Waals surface area contributed by atoms with Crippen molar-refractivity contribution in [1.29, 1.82) is 5.26 Å². The lowest BCUT2D eigenvalue weighted by molar-refractivity contribution is 0.103. The van der Waals surface area contributed by atoms with Crippen molar-refractivity contribution < 1.29 is 13.6 Å². The van der Waals surface area contributed by atoms with Gasteiger partial charge >= 0.3 is 0 Å². The van der Waals surface area contributed by atoms with E-state index in [1.807, 2.05) is 6.07 Å². The third kappa shape index (κ3) is 3.18. The molecule has 0 aliphatic rings. The van der Waals surface area contributed by atoms with Gasteiger partial charge in [0.05, 0.1) is 11.6 Å². The Kier molecular flexibility index (Phi) is 4.51. The van der Waals surface area contributed by atoms with Crippen LogP contribution >= 0.6 is 11.6 Å². The quantitative estimate of drug-likeness (QED) is 0.691. The van der Waals surface area contributed by atoms with Crippen LogP contribution in [0.2, 0.25) is 5.02 Å². The van der Waals surface area contributed by atoms with Gasteiger partial charge in [0, 0.05) is 16.3 Å². The number of hydrogen-bond donors (Lipinski definition) is 1. The van der Waals surface area contributed by atoms with Crippen molar-refractivity contribution >= 4 is 23.1 Å². The van der Waals surface area contributed by atoms with Gasteiger partial charge in [0.25, 0.3) is 0 Å². The van der Waals surface area contributed by atoms with Crippen LogP contribution in [0.3, 0.4) is 0 Å². The molecule has 1 N–H and O–H groups in total. The van der Waals surface area contributed by atoms with E-state index in [9.17, 15) is 13.6 Å². The minimum absolute atomic E-state index is 0.00162. The molecular weight excluding hydrogens is 298 g/mol. The number of nitriles is 1. The minimum atomic E-state index is -0.953. The Morgan fingerprint density at radius 2 is 1.90 bits per heavy atom. The van der Waals surface area contributed by atoms with E-state index in [2.05, 4.69) is 5.32 Å². The van der Waals surface area contributed by atoms with Crippen LogP contribution in [0.4, 0.5) is 14.5 Å². The SMILES string of the molecule is N#CCNc1ccc(Cl)cc1C(=O)c1c(F)cccc1F. The first-order valence-corrected chi connectivity index (χ1v) is 6.31. The number of rotatable bonds is 4. The molecule has 0 aromatic heterocycles. The topological polar surface area (TPSA) is 52.9 Å². The normalized spacial score (nSPS) is 10.0. The van der Waals surface area contributed by atoms with Crippen molar-refractivity contribution in [3.8, 4) is 6.07 Å². The zero-order chi connectivity index (χ0) is 15.4. The molecule has 0 saturated carbocycles. The summed E-state index contributed by atoms with van der Waals surface area (Å²) in [6.45, 7) is -0.0539. The van der Waals surface area contributed by atoms with Crippen molar-refractivity contribution in [3.05, 3.63) is 64.2 Å². The molecular formula is C15H9ClF2N2O. The maximum atomic E-state index is 13.7. The molecule has 0 aliphatic heterocycles. The first-order chi connectivity index (χ1) is 10.0. The number of anilines is 1. The fourth-order valence-electron chi connectivity index (χ4n) is 1.84. The van der Waals surface area contributed by atoms with E-state index in [1.165, 1.54) is 24.3 Å². The van der Waals surface area contributed by atoms with Gasteiger partial charge in [-0.1, -0.05) is 17.7 Å². The van der Waals surface area contributed by atoms with Crippen LogP contribution in [0.15, 0.2) is 36.4 Å². The summed E-state index contributed by atoms with van der Waals surface area (Å²) in [5, 5.41) is 11.5. The highest BCUT2D eigenvalue weighted by atomic mass is 35.5. The van der Waals surface area contributed by atoms with Crippen LogP contribution in [0, 0.1) is 23.0 Å². The van der Waals surface area contributed by atoms with Crippen molar-refractivity contribution in [2.24, 2.45) is 0 Å². The van der Waals surface area contributed by atoms with Crippen LogP contribution in [-0.2, 0) is 0 Å². The molecule has 6 heteroatoms. The third-order valence-electron chi connectivity index (χ3n) is 2.77. The van der Waals surface area contributed by atoms with Crippen molar-refractivity contribution in [2.45, 2.75) is 0 Å². The second-order valence-electron chi connectivity index (χ2n) is 4.13. The molecule has 0 fully saturated rings. The van der Waals surface area contributed by atoms with Crippen LogP contribution in [-0.4, -0.2) is 12.3 Å². The van der Waals surface area contributed by atoms with Crippen molar-refractivity contribution in [3.63, 3.8) is 0 Å². The number of nitrogens with one attached hydrogen (secondary N) is 1. The lowest BCUT2D eigenvalue weighted by atomic mass is 10.0. The van der Waals surface area contributed by atoms with Gasteiger partial charge in [0.15, 0.2) is 0 Å². The van der Waals surface area contributed by atoms with Crippen molar-refractivity contribution in [2.75, 3.05) is 11.9 Å². The van der Waals surface area contributed by atoms with Gasteiger partial charge in [-0.05, 0) is 30.3 Å². The second-order valence-corrected chi connectivity index (χ2v) is 4.56. The minimum Gasteiger partial charge on any atom is -0.372 e. The molecule has 0 amide bonds. The molecule has 2 rings (SSSR count). The van der Waals surface area contributed by atoms with E-state index in [0.717, 1.165) is 12.1 Å². The van der Waals surface area contributed by atoms with Crippen LogP contribution in [0.1, 0.15) is 15.9 Å². The van der Waals surface area contributed by atoms with E-state index in [4.69, 9.17) is 16.9 Å². The summed E-state index contributed by atoms with van der Waals surface area (Å²) in [6, 6.07) is 9.33. The first-order valence-electron chi connectivity index (χ1n) is 5.93. The molecule has 0 saturated heterocycles. The average molecular weight is 307 g/mol. The Morgan fingerprint density at radius 3 is 2.52 bits per heavy atom. The van der Waals surface area contributed by atoms with E-state index in [0.29, 0.717) is 0 Å². The smallest absolute Gasteiger partial charge is 0.201 e. The third-order valence-corrected chi connectivity index (χ3v) is 3.01. The molecule has 106 valence electrons. The van der Waals surface area contributed by atoms with E-state index in [1.54, 1.807) is 0 Å². The van der Waals surface area contributed by atoms with Gasteiger partial charge in [0.1, 0.15) is 18.2 Å². The van der Waals surface area contributed by atoms with Gasteiger partial charge in [-0.25, -0.2) is 8.78 Å². The van der Waals surface area contributed by atoms with Gasteiger partial charge < -0.3 is 5.32 Å². The van der Waals surface area contributed by atoms with E-state index in [-0.39, 0.29) is 22.8 Å². The second kappa shape index (κ2) is 6.33. The monoisotopic (exact) mass is 306 g/mol. The molecule has 0 heterocycles. The molecule has 21 heavy (non-hydrogen) atoms. The fraction of sp³-hybridized carbons (Fsp3) is 0.0667. The summed E-state index contributed by atoms with van der Waals surface area (Å²) >= 11 is 5.83. The fourth-order valence-corrected chi connectivity index (χ4v) is 2.01. The number of halogens is 3. The molecule has 0 aliphatic carbocycles.